The van der Waals surface area contributed by atoms with Gasteiger partial charge in [-0.25, -0.2) is 0 Å². The average molecular weight is 593 g/mol. The van der Waals surface area contributed by atoms with Gasteiger partial charge in [0.1, 0.15) is 6.04 Å². The van der Waals surface area contributed by atoms with Gasteiger partial charge in [0.05, 0.1) is 10.6 Å². The Morgan fingerprint density at radius 3 is 2.49 bits per heavy atom. The predicted octanol–water partition coefficient (Wildman–Crippen LogP) is 4.87. The molecule has 1 unspecified atom stereocenters. The van der Waals surface area contributed by atoms with Crippen molar-refractivity contribution in [2.75, 3.05) is 18.9 Å². The van der Waals surface area contributed by atoms with Crippen LogP contribution in [0.5, 0.6) is 0 Å². The number of carbonyl (C=O) groups is 4. The molecule has 0 aromatic heterocycles. The first-order chi connectivity index (χ1) is 19.1. The number of carbonyl (C=O) groups excluding carboxylic acids is 4. The summed E-state index contributed by atoms with van der Waals surface area (Å²) in [5.74, 6) is -1.84. The molecule has 220 valence electrons. The van der Waals surface area contributed by atoms with Crippen LogP contribution in [0, 0.1) is 0 Å². The average Bonchev–Trinajstić information content (AvgIpc) is 2.88. The van der Waals surface area contributed by atoms with Crippen LogP contribution in [0.15, 0.2) is 54.2 Å². The van der Waals surface area contributed by atoms with Gasteiger partial charge in [-0.15, -0.1) is 0 Å². The van der Waals surface area contributed by atoms with E-state index in [9.17, 15) is 32.3 Å². The molecule has 1 atom stereocenters. The van der Waals surface area contributed by atoms with Gasteiger partial charge in [0, 0.05) is 36.0 Å². The van der Waals surface area contributed by atoms with Crippen LogP contribution in [0.2, 0.25) is 5.02 Å². The Labute approximate surface area is 241 Å². The van der Waals surface area contributed by atoms with E-state index in [-0.39, 0.29) is 24.3 Å². The van der Waals surface area contributed by atoms with Crippen LogP contribution in [0.1, 0.15) is 50.3 Å². The van der Waals surface area contributed by atoms with E-state index in [1.165, 1.54) is 18.2 Å². The van der Waals surface area contributed by atoms with Crippen molar-refractivity contribution in [3.8, 4) is 0 Å². The van der Waals surface area contributed by atoms with Gasteiger partial charge < -0.3 is 5.32 Å². The predicted molar refractivity (Wildman–Crippen MR) is 149 cm³/mol. The second kappa shape index (κ2) is 12.9. The first-order valence-electron chi connectivity index (χ1n) is 12.9. The summed E-state index contributed by atoms with van der Waals surface area (Å²) in [6.45, 7) is 6.21. The van der Waals surface area contributed by atoms with Crippen molar-refractivity contribution in [2.24, 2.45) is 0 Å². The molecule has 4 amide bonds. The van der Waals surface area contributed by atoms with Crippen molar-refractivity contribution in [1.29, 1.82) is 0 Å². The van der Waals surface area contributed by atoms with Gasteiger partial charge in [0.25, 0.3) is 5.91 Å². The molecular formula is C29H32ClF3N4O4. The van der Waals surface area contributed by atoms with E-state index in [4.69, 9.17) is 11.6 Å². The zero-order valence-electron chi connectivity index (χ0n) is 23.1. The van der Waals surface area contributed by atoms with Crippen LogP contribution in [0.3, 0.4) is 0 Å². The molecule has 1 saturated heterocycles. The van der Waals surface area contributed by atoms with Gasteiger partial charge in [0.15, 0.2) is 0 Å². The van der Waals surface area contributed by atoms with E-state index < -0.39 is 41.0 Å². The lowest BCUT2D eigenvalue weighted by Crippen LogP contribution is -2.53. The fourth-order valence-corrected chi connectivity index (χ4v) is 4.78. The molecule has 1 heterocycles. The van der Waals surface area contributed by atoms with Crippen LogP contribution < -0.4 is 10.6 Å². The van der Waals surface area contributed by atoms with Crippen molar-refractivity contribution in [1.82, 2.24) is 15.1 Å². The lowest BCUT2D eigenvalue weighted by Gasteiger charge is -2.36. The maximum absolute atomic E-state index is 13.0. The Morgan fingerprint density at radius 2 is 1.88 bits per heavy atom. The zero-order valence-corrected chi connectivity index (χ0v) is 23.9. The molecule has 1 fully saturated rings. The number of benzene rings is 2. The van der Waals surface area contributed by atoms with Gasteiger partial charge in [-0.2, -0.15) is 13.2 Å². The highest BCUT2D eigenvalue weighted by Crippen LogP contribution is 2.35. The molecule has 1 aliphatic heterocycles. The number of hydrogen-bond acceptors (Lipinski definition) is 6. The molecule has 3 rings (SSSR count). The third kappa shape index (κ3) is 7.95. The van der Waals surface area contributed by atoms with Gasteiger partial charge in [-0.3, -0.25) is 34.3 Å². The molecule has 0 bridgehead atoms. The summed E-state index contributed by atoms with van der Waals surface area (Å²) in [6, 6.07) is 10.2. The molecular weight excluding hydrogens is 561 g/mol. The fraction of sp³-hybridized carbons (Fsp3) is 0.379. The number of hydrogen-bond donors (Lipinski definition) is 2. The minimum atomic E-state index is -4.50. The molecule has 2 aromatic carbocycles. The van der Waals surface area contributed by atoms with Crippen molar-refractivity contribution >= 4 is 41.4 Å². The lowest BCUT2D eigenvalue weighted by atomic mass is 9.91. The number of imide groups is 2. The second-order valence-corrected chi connectivity index (χ2v) is 10.8. The minimum absolute atomic E-state index is 0.0318. The van der Waals surface area contributed by atoms with E-state index in [0.29, 0.717) is 29.9 Å². The van der Waals surface area contributed by atoms with Crippen LogP contribution in [0.25, 0.3) is 0 Å². The number of rotatable bonds is 10. The van der Waals surface area contributed by atoms with Crippen molar-refractivity contribution < 1.29 is 32.3 Å². The number of amides is 4. The summed E-state index contributed by atoms with van der Waals surface area (Å²) in [7, 11) is 1.92. The smallest absolute Gasteiger partial charge is 0.359 e. The Kier molecular flexibility index (Phi) is 9.98. The van der Waals surface area contributed by atoms with E-state index in [2.05, 4.69) is 15.5 Å². The molecule has 0 radical (unpaired) electrons. The summed E-state index contributed by atoms with van der Waals surface area (Å²) in [5, 5.41) is 4.93. The molecule has 41 heavy (non-hydrogen) atoms. The highest BCUT2D eigenvalue weighted by atomic mass is 35.5. The Hall–Kier alpha value is -3.70. The monoisotopic (exact) mass is 592 g/mol. The Balaban J connectivity index is 1.67. The zero-order chi connectivity index (χ0) is 30.5. The molecule has 2 aromatic rings. The number of alkyl halides is 3. The summed E-state index contributed by atoms with van der Waals surface area (Å²) < 4.78 is 39.0. The van der Waals surface area contributed by atoms with E-state index in [0.717, 1.165) is 16.5 Å². The number of piperidine rings is 1. The first-order valence-corrected chi connectivity index (χ1v) is 13.2. The number of nitrogens with zero attached hydrogens (tertiary/aromatic N) is 2. The van der Waals surface area contributed by atoms with Gasteiger partial charge in [-0.1, -0.05) is 29.8 Å². The summed E-state index contributed by atoms with van der Waals surface area (Å²) in [5.41, 5.74) is 1.40. The quantitative estimate of drug-likeness (QED) is 0.232. The molecule has 0 spiro atoms. The van der Waals surface area contributed by atoms with E-state index in [1.807, 2.05) is 45.2 Å². The van der Waals surface area contributed by atoms with Gasteiger partial charge >= 0.3 is 6.18 Å². The molecule has 1 aliphatic rings. The van der Waals surface area contributed by atoms with Crippen molar-refractivity contribution in [2.45, 2.75) is 57.8 Å². The molecule has 0 saturated carbocycles. The molecule has 8 nitrogen and oxygen atoms in total. The van der Waals surface area contributed by atoms with Crippen molar-refractivity contribution in [3.05, 3.63) is 76.0 Å². The van der Waals surface area contributed by atoms with E-state index >= 15 is 0 Å². The molecule has 12 heteroatoms. The molecule has 0 aliphatic carbocycles. The normalized spacial score (nSPS) is 16.4. The Bertz CT molecular complexity index is 1360. The van der Waals surface area contributed by atoms with Crippen LogP contribution >= 0.6 is 11.6 Å². The SMILES string of the molecule is C/C(=C\C(=O)N(C=O)C1CCC(=O)NC1=O)Nc1cccc(C(C)(C)N(C)CCc2ccc(C(F)(F)F)c(Cl)c2)c1. The first kappa shape index (κ1) is 31.8. The van der Waals surface area contributed by atoms with Gasteiger partial charge in [-0.05, 0) is 76.1 Å². The maximum atomic E-state index is 13.0. The number of nitrogens with one attached hydrogen (secondary N) is 2. The van der Waals surface area contributed by atoms with Gasteiger partial charge in [0.2, 0.25) is 18.2 Å². The molecule has 2 N–H and O–H groups in total. The number of anilines is 1. The highest BCUT2D eigenvalue weighted by molar-refractivity contribution is 6.31. The number of allylic oxidation sites excluding steroid dienone is 1. The minimum Gasteiger partial charge on any atom is -0.359 e. The summed E-state index contributed by atoms with van der Waals surface area (Å²) >= 11 is 5.87. The van der Waals surface area contributed by atoms with Crippen LogP contribution in [-0.2, 0) is 37.3 Å². The highest BCUT2D eigenvalue weighted by Gasteiger charge is 2.34. The van der Waals surface area contributed by atoms with Crippen LogP contribution in [0.4, 0.5) is 18.9 Å². The van der Waals surface area contributed by atoms with E-state index in [1.54, 1.807) is 6.92 Å². The third-order valence-corrected chi connectivity index (χ3v) is 7.51. The third-order valence-electron chi connectivity index (χ3n) is 7.19. The standard InChI is InChI=1S/C29H32ClF3N4O4/c1-18(14-26(40)37(17-38)24-10-11-25(39)35-27(24)41)34-21-7-5-6-20(16-21)28(2,3)36(4)13-12-19-8-9-22(23(30)15-19)29(31,32)33/h5-9,14-17,24,34H,10-13H2,1-4H3,(H,35,39,41)/b18-14+. The summed E-state index contributed by atoms with van der Waals surface area (Å²) in [6.07, 6.45) is -2.44. The number of halogens is 4. The summed E-state index contributed by atoms with van der Waals surface area (Å²) in [4.78, 5) is 50.6. The number of likely N-dealkylation sites (N-methyl/N-ethyl adjacent to an activating group) is 1. The topological polar surface area (TPSA) is 98.8 Å². The fourth-order valence-electron chi connectivity index (χ4n) is 4.47. The maximum Gasteiger partial charge on any atom is 0.417 e. The lowest BCUT2D eigenvalue weighted by molar-refractivity contribution is -0.148. The second-order valence-electron chi connectivity index (χ2n) is 10.4. The largest absolute Gasteiger partial charge is 0.417 e. The van der Waals surface area contributed by atoms with Crippen LogP contribution in [-0.4, -0.2) is 53.6 Å². The van der Waals surface area contributed by atoms with Crippen molar-refractivity contribution in [3.63, 3.8) is 0 Å². The Morgan fingerprint density at radius 1 is 1.17 bits per heavy atom.